The first kappa shape index (κ1) is 13.1. The van der Waals surface area contributed by atoms with Crippen LogP contribution in [0.5, 0.6) is 5.75 Å². The molecule has 2 aromatic rings. The fourth-order valence-electron chi connectivity index (χ4n) is 2.09. The number of carbonyl (C=O) groups excluding carboxylic acids is 1. The van der Waals surface area contributed by atoms with Crippen molar-refractivity contribution in [3.8, 4) is 5.75 Å². The lowest BCUT2D eigenvalue weighted by Gasteiger charge is -2.09. The number of hydrogen-bond acceptors (Lipinski definition) is 5. The minimum atomic E-state index is -0.511. The lowest BCUT2D eigenvalue weighted by molar-refractivity contribution is -0.144. The molecular weight excluding hydrogens is 284 g/mol. The second kappa shape index (κ2) is 5.26. The van der Waals surface area contributed by atoms with Crippen molar-refractivity contribution in [1.29, 1.82) is 0 Å². The van der Waals surface area contributed by atoms with Gasteiger partial charge in [-0.05, 0) is 25.0 Å². The maximum atomic E-state index is 11.8. The highest BCUT2D eigenvalue weighted by Gasteiger charge is 2.25. The van der Waals surface area contributed by atoms with Crippen molar-refractivity contribution >= 4 is 28.5 Å². The summed E-state index contributed by atoms with van der Waals surface area (Å²) in [6.45, 7) is 0.574. The maximum absolute atomic E-state index is 11.8. The van der Waals surface area contributed by atoms with E-state index in [0.717, 1.165) is 12.7 Å². The van der Waals surface area contributed by atoms with Crippen LogP contribution in [-0.2, 0) is 9.53 Å². The van der Waals surface area contributed by atoms with E-state index in [-0.39, 0.29) is 10.5 Å². The van der Waals surface area contributed by atoms with Crippen LogP contribution in [0.4, 0.5) is 0 Å². The molecule has 6 heteroatoms. The molecule has 1 aliphatic rings. The first-order chi connectivity index (χ1) is 9.65. The first-order valence-corrected chi connectivity index (χ1v) is 6.57. The Bertz CT molecular complexity index is 715. The minimum Gasteiger partial charge on any atom is -0.462 e. The third-order valence-electron chi connectivity index (χ3n) is 3.12. The van der Waals surface area contributed by atoms with Crippen LogP contribution in [0.2, 0.25) is 5.02 Å². The van der Waals surface area contributed by atoms with Crippen LogP contribution in [-0.4, -0.2) is 18.7 Å². The molecule has 0 bridgehead atoms. The molecule has 1 atom stereocenters. The lowest BCUT2D eigenvalue weighted by Crippen LogP contribution is -2.24. The van der Waals surface area contributed by atoms with E-state index in [2.05, 4.69) is 0 Å². The van der Waals surface area contributed by atoms with Gasteiger partial charge in [-0.1, -0.05) is 11.6 Å². The molecule has 0 radical (unpaired) electrons. The van der Waals surface area contributed by atoms with E-state index in [0.29, 0.717) is 29.7 Å². The van der Waals surface area contributed by atoms with Crippen molar-refractivity contribution < 1.29 is 18.7 Å². The number of rotatable bonds is 2. The summed E-state index contributed by atoms with van der Waals surface area (Å²) in [5, 5.41) is 0.357. The predicted octanol–water partition coefficient (Wildman–Crippen LogP) is 2.53. The molecule has 0 amide bonds. The lowest BCUT2D eigenvalue weighted by atomic mass is 10.2. The third-order valence-corrected chi connectivity index (χ3v) is 3.38. The molecule has 1 saturated heterocycles. The van der Waals surface area contributed by atoms with Gasteiger partial charge in [0.05, 0.1) is 5.39 Å². The van der Waals surface area contributed by atoms with Crippen LogP contribution < -0.4 is 10.2 Å². The highest BCUT2D eigenvalue weighted by atomic mass is 35.5. The predicted molar refractivity (Wildman–Crippen MR) is 72.1 cm³/mol. The summed E-state index contributed by atoms with van der Waals surface area (Å²) < 4.78 is 15.7. The largest absolute Gasteiger partial charge is 0.462 e. The van der Waals surface area contributed by atoms with Gasteiger partial charge in [-0.3, -0.25) is 4.79 Å². The van der Waals surface area contributed by atoms with Crippen molar-refractivity contribution in [1.82, 2.24) is 0 Å². The Kier molecular flexibility index (Phi) is 3.46. The Morgan fingerprint density at radius 1 is 1.40 bits per heavy atom. The fourth-order valence-corrected chi connectivity index (χ4v) is 2.24. The van der Waals surface area contributed by atoms with E-state index < -0.39 is 12.1 Å². The van der Waals surface area contributed by atoms with Gasteiger partial charge in [0.1, 0.15) is 22.6 Å². The molecule has 104 valence electrons. The first-order valence-electron chi connectivity index (χ1n) is 6.19. The topological polar surface area (TPSA) is 65.7 Å². The van der Waals surface area contributed by atoms with Crippen LogP contribution in [0.25, 0.3) is 11.0 Å². The average Bonchev–Trinajstić information content (AvgIpc) is 2.97. The Morgan fingerprint density at radius 2 is 2.25 bits per heavy atom. The normalized spacial score (nSPS) is 18.4. The van der Waals surface area contributed by atoms with E-state index in [1.165, 1.54) is 18.2 Å². The van der Waals surface area contributed by atoms with Gasteiger partial charge in [0.25, 0.3) is 0 Å². The van der Waals surface area contributed by atoms with Crippen LogP contribution in [0.15, 0.2) is 33.7 Å². The average molecular weight is 295 g/mol. The molecule has 20 heavy (non-hydrogen) atoms. The van der Waals surface area contributed by atoms with Gasteiger partial charge < -0.3 is 13.9 Å². The number of halogens is 1. The smallest absolute Gasteiger partial charge is 0.340 e. The zero-order valence-corrected chi connectivity index (χ0v) is 11.2. The van der Waals surface area contributed by atoms with Gasteiger partial charge >= 0.3 is 5.97 Å². The Labute approximate surface area is 119 Å². The molecule has 1 aromatic carbocycles. The van der Waals surface area contributed by atoms with Gasteiger partial charge in [-0.2, -0.15) is 0 Å². The van der Waals surface area contributed by atoms with E-state index in [9.17, 15) is 9.59 Å². The molecule has 2 heterocycles. The van der Waals surface area contributed by atoms with E-state index in [4.69, 9.17) is 25.5 Å². The van der Waals surface area contributed by atoms with Crippen LogP contribution in [0.1, 0.15) is 12.8 Å². The maximum Gasteiger partial charge on any atom is 0.340 e. The summed E-state index contributed by atoms with van der Waals surface area (Å²) in [6.07, 6.45) is 2.17. The summed E-state index contributed by atoms with van der Waals surface area (Å²) in [5.74, 6) is -0.123. The minimum absolute atomic E-state index is 0.0154. The van der Waals surface area contributed by atoms with Crippen LogP contribution >= 0.6 is 11.6 Å². The van der Waals surface area contributed by atoms with Crippen LogP contribution in [0, 0.1) is 0 Å². The Hall–Kier alpha value is -1.85. The molecule has 1 unspecified atom stereocenters. The van der Waals surface area contributed by atoms with Crippen molar-refractivity contribution in [3.63, 3.8) is 0 Å². The molecule has 0 aliphatic carbocycles. The van der Waals surface area contributed by atoms with E-state index in [1.807, 2.05) is 0 Å². The van der Waals surface area contributed by atoms with Crippen molar-refractivity contribution in [2.24, 2.45) is 0 Å². The fraction of sp³-hybridized carbons (Fsp3) is 0.286. The van der Waals surface area contributed by atoms with Gasteiger partial charge in [0.15, 0.2) is 6.10 Å². The summed E-state index contributed by atoms with van der Waals surface area (Å²) in [7, 11) is 0. The Balaban J connectivity index is 1.88. The standard InChI is InChI=1S/C14H11ClO5/c15-10-7-19-12-6-8(3-4-9(12)13(10)16)20-14(17)11-2-1-5-18-11/h3-4,6-7,11H,1-2,5H2. The van der Waals surface area contributed by atoms with Gasteiger partial charge in [-0.15, -0.1) is 0 Å². The zero-order valence-electron chi connectivity index (χ0n) is 10.4. The Morgan fingerprint density at radius 3 is 3.00 bits per heavy atom. The number of esters is 1. The second-order valence-electron chi connectivity index (χ2n) is 4.49. The molecule has 3 rings (SSSR count). The SMILES string of the molecule is O=C(Oc1ccc2c(=O)c(Cl)coc2c1)C1CCCO1. The van der Waals surface area contributed by atoms with E-state index >= 15 is 0 Å². The van der Waals surface area contributed by atoms with Crippen molar-refractivity contribution in [3.05, 3.63) is 39.7 Å². The highest BCUT2D eigenvalue weighted by Crippen LogP contribution is 2.22. The number of ether oxygens (including phenoxy) is 2. The molecular formula is C14H11ClO5. The van der Waals surface area contributed by atoms with Gasteiger partial charge in [-0.25, -0.2) is 4.79 Å². The monoisotopic (exact) mass is 294 g/mol. The molecule has 0 spiro atoms. The van der Waals surface area contributed by atoms with Crippen molar-refractivity contribution in [2.45, 2.75) is 18.9 Å². The summed E-state index contributed by atoms with van der Waals surface area (Å²) >= 11 is 5.69. The van der Waals surface area contributed by atoms with Gasteiger partial charge in [0, 0.05) is 12.7 Å². The number of hydrogen-bond donors (Lipinski definition) is 0. The summed E-state index contributed by atoms with van der Waals surface area (Å²) in [5.41, 5.74) is 0.00181. The summed E-state index contributed by atoms with van der Waals surface area (Å²) in [6, 6.07) is 4.54. The highest BCUT2D eigenvalue weighted by molar-refractivity contribution is 6.30. The molecule has 0 saturated carbocycles. The second-order valence-corrected chi connectivity index (χ2v) is 4.90. The number of benzene rings is 1. The molecule has 1 aromatic heterocycles. The zero-order chi connectivity index (χ0) is 14.1. The molecule has 0 N–H and O–H groups in total. The van der Waals surface area contributed by atoms with Gasteiger partial charge in [0.2, 0.25) is 5.43 Å². The quantitative estimate of drug-likeness (QED) is 0.629. The van der Waals surface area contributed by atoms with E-state index in [1.54, 1.807) is 0 Å². The third kappa shape index (κ3) is 2.42. The molecule has 5 nitrogen and oxygen atoms in total. The molecule has 1 aliphatic heterocycles. The van der Waals surface area contributed by atoms with Crippen molar-refractivity contribution in [2.75, 3.05) is 6.61 Å². The number of carbonyl (C=O) groups is 1. The van der Waals surface area contributed by atoms with Crippen LogP contribution in [0.3, 0.4) is 0 Å². The summed E-state index contributed by atoms with van der Waals surface area (Å²) in [4.78, 5) is 23.6. The number of fused-ring (bicyclic) bond motifs is 1. The molecule has 1 fully saturated rings.